The van der Waals surface area contributed by atoms with E-state index in [2.05, 4.69) is 10.3 Å². The molecular weight excluding hydrogens is 252 g/mol. The largest absolute Gasteiger partial charge is 0.383 e. The van der Waals surface area contributed by atoms with Gasteiger partial charge >= 0.3 is 0 Å². The lowest BCUT2D eigenvalue weighted by atomic mass is 10.2. The lowest BCUT2D eigenvalue weighted by Gasteiger charge is -2.09. The number of hydrogen-bond donors (Lipinski definition) is 1. The Morgan fingerprint density at radius 3 is 2.89 bits per heavy atom. The van der Waals surface area contributed by atoms with Crippen LogP contribution < -0.4 is 5.32 Å². The van der Waals surface area contributed by atoms with Gasteiger partial charge in [0.25, 0.3) is 0 Å². The van der Waals surface area contributed by atoms with Gasteiger partial charge in [-0.3, -0.25) is 0 Å². The predicted molar refractivity (Wildman–Crippen MR) is 68.1 cm³/mol. The molecule has 102 valence electrons. The zero-order valence-electron chi connectivity index (χ0n) is 10.6. The summed E-state index contributed by atoms with van der Waals surface area (Å²) in [5.41, 5.74) is 0.673. The van der Waals surface area contributed by atoms with Gasteiger partial charge in [-0.15, -0.1) is 0 Å². The number of hydrogen-bond acceptors (Lipinski definition) is 3. The lowest BCUT2D eigenvalue weighted by molar-refractivity contribution is 0.210. The van der Waals surface area contributed by atoms with E-state index in [0.717, 1.165) is 6.07 Å². The number of methoxy groups -OCH3 is 1. The predicted octanol–water partition coefficient (Wildman–Crippen LogP) is 2.27. The van der Waals surface area contributed by atoms with Gasteiger partial charge in [-0.25, -0.2) is 13.8 Å². The van der Waals surface area contributed by atoms with E-state index in [9.17, 15) is 8.78 Å². The van der Waals surface area contributed by atoms with Gasteiger partial charge in [0.2, 0.25) is 5.95 Å². The highest BCUT2D eigenvalue weighted by atomic mass is 19.2. The maximum absolute atomic E-state index is 13.1. The molecule has 0 unspecified atom stereocenters. The molecule has 0 radical (unpaired) electrons. The highest BCUT2D eigenvalue weighted by Crippen LogP contribution is 2.12. The minimum atomic E-state index is -0.841. The number of rotatable bonds is 6. The van der Waals surface area contributed by atoms with Crippen molar-refractivity contribution in [3.8, 4) is 0 Å². The van der Waals surface area contributed by atoms with E-state index < -0.39 is 11.6 Å². The van der Waals surface area contributed by atoms with Crippen molar-refractivity contribution in [2.75, 3.05) is 25.6 Å². The maximum atomic E-state index is 13.1. The molecule has 0 saturated carbocycles. The van der Waals surface area contributed by atoms with Gasteiger partial charge in [0, 0.05) is 26.0 Å². The van der Waals surface area contributed by atoms with E-state index in [1.54, 1.807) is 25.6 Å². The molecule has 2 aromatic rings. The summed E-state index contributed by atoms with van der Waals surface area (Å²) in [4.78, 5) is 4.15. The third-order valence-electron chi connectivity index (χ3n) is 2.64. The molecular formula is C13H15F2N3O. The van der Waals surface area contributed by atoms with Crippen molar-refractivity contribution < 1.29 is 13.5 Å². The molecule has 4 nitrogen and oxygen atoms in total. The van der Waals surface area contributed by atoms with Gasteiger partial charge < -0.3 is 14.6 Å². The van der Waals surface area contributed by atoms with E-state index in [-0.39, 0.29) is 0 Å². The number of imidazole rings is 1. The van der Waals surface area contributed by atoms with Crippen LogP contribution in [0.4, 0.5) is 14.7 Å². The van der Waals surface area contributed by atoms with Crippen LogP contribution in [0.2, 0.25) is 0 Å². The number of aromatic nitrogens is 2. The fourth-order valence-corrected chi connectivity index (χ4v) is 1.70. The van der Waals surface area contributed by atoms with Gasteiger partial charge in [0.15, 0.2) is 11.6 Å². The smallest absolute Gasteiger partial charge is 0.203 e. The molecule has 0 spiro atoms. The number of nitrogens with one attached hydrogen (secondary N) is 1. The average molecular weight is 267 g/mol. The summed E-state index contributed by atoms with van der Waals surface area (Å²) in [6.45, 7) is 1.62. The Morgan fingerprint density at radius 1 is 1.32 bits per heavy atom. The molecule has 1 aromatic carbocycles. The summed E-state index contributed by atoms with van der Waals surface area (Å²) in [6, 6.07) is 3.87. The summed E-state index contributed by atoms with van der Waals surface area (Å²) in [7, 11) is 1.62. The molecule has 19 heavy (non-hydrogen) atoms. The van der Waals surface area contributed by atoms with Crippen molar-refractivity contribution >= 4 is 5.95 Å². The Hall–Kier alpha value is -1.95. The first-order valence-corrected chi connectivity index (χ1v) is 5.88. The van der Waals surface area contributed by atoms with E-state index in [4.69, 9.17) is 4.74 Å². The summed E-state index contributed by atoms with van der Waals surface area (Å²) in [6.07, 6.45) is 3.42. The molecule has 1 heterocycles. The Bertz CT molecular complexity index is 542. The van der Waals surface area contributed by atoms with Crippen LogP contribution in [0.25, 0.3) is 0 Å². The van der Waals surface area contributed by atoms with Crippen molar-refractivity contribution in [2.24, 2.45) is 0 Å². The molecule has 1 N–H and O–H groups in total. The molecule has 0 saturated heterocycles. The SMILES string of the molecule is COCCNc1nccn1Cc1ccc(F)c(F)c1. The fraction of sp³-hybridized carbons (Fsp3) is 0.308. The Balaban J connectivity index is 2.06. The Kier molecular flexibility index (Phi) is 4.46. The minimum absolute atomic E-state index is 0.423. The van der Waals surface area contributed by atoms with Gasteiger partial charge in [0.1, 0.15) is 0 Å². The Labute approximate surface area is 110 Å². The first-order valence-electron chi connectivity index (χ1n) is 5.88. The average Bonchev–Trinajstić information content (AvgIpc) is 2.82. The third kappa shape index (κ3) is 3.51. The molecule has 6 heteroatoms. The number of ether oxygens (including phenoxy) is 1. The molecule has 0 atom stereocenters. The van der Waals surface area contributed by atoms with Crippen molar-refractivity contribution in [2.45, 2.75) is 6.54 Å². The summed E-state index contributed by atoms with van der Waals surface area (Å²) in [5.74, 6) is -1.01. The van der Waals surface area contributed by atoms with Gasteiger partial charge in [0.05, 0.1) is 13.2 Å². The molecule has 2 rings (SSSR count). The van der Waals surface area contributed by atoms with Crippen LogP contribution in [0.15, 0.2) is 30.6 Å². The van der Waals surface area contributed by atoms with E-state index in [1.807, 2.05) is 4.57 Å². The molecule has 0 fully saturated rings. The fourth-order valence-electron chi connectivity index (χ4n) is 1.70. The van der Waals surface area contributed by atoms with Gasteiger partial charge in [-0.1, -0.05) is 6.07 Å². The Morgan fingerprint density at radius 2 is 2.16 bits per heavy atom. The quantitative estimate of drug-likeness (QED) is 0.816. The first kappa shape index (κ1) is 13.5. The van der Waals surface area contributed by atoms with Crippen LogP contribution in [0, 0.1) is 11.6 Å². The minimum Gasteiger partial charge on any atom is -0.383 e. The summed E-state index contributed by atoms with van der Waals surface area (Å²) >= 11 is 0. The zero-order valence-corrected chi connectivity index (χ0v) is 10.6. The molecule has 0 amide bonds. The normalized spacial score (nSPS) is 10.7. The summed E-state index contributed by atoms with van der Waals surface area (Å²) < 4.78 is 32.7. The second-order valence-corrected chi connectivity index (χ2v) is 4.05. The molecule has 1 aromatic heterocycles. The standard InChI is InChI=1S/C13H15F2N3O/c1-19-7-5-17-13-16-4-6-18(13)9-10-2-3-11(14)12(15)8-10/h2-4,6,8H,5,7,9H2,1H3,(H,16,17). The number of halogens is 2. The molecule has 0 aliphatic rings. The van der Waals surface area contributed by atoms with Crippen LogP contribution in [-0.2, 0) is 11.3 Å². The first-order chi connectivity index (χ1) is 9.20. The van der Waals surface area contributed by atoms with Gasteiger partial charge in [-0.2, -0.15) is 0 Å². The number of anilines is 1. The van der Waals surface area contributed by atoms with E-state index in [1.165, 1.54) is 6.07 Å². The van der Waals surface area contributed by atoms with Crippen LogP contribution in [0.3, 0.4) is 0 Å². The molecule has 0 bridgehead atoms. The zero-order chi connectivity index (χ0) is 13.7. The molecule has 0 aliphatic heterocycles. The van der Waals surface area contributed by atoms with Crippen molar-refractivity contribution in [1.82, 2.24) is 9.55 Å². The lowest BCUT2D eigenvalue weighted by Crippen LogP contribution is -2.12. The van der Waals surface area contributed by atoms with Crippen molar-refractivity contribution in [3.63, 3.8) is 0 Å². The monoisotopic (exact) mass is 267 g/mol. The van der Waals surface area contributed by atoms with Crippen LogP contribution in [0.5, 0.6) is 0 Å². The van der Waals surface area contributed by atoms with Crippen LogP contribution in [0.1, 0.15) is 5.56 Å². The van der Waals surface area contributed by atoms with Gasteiger partial charge in [-0.05, 0) is 17.7 Å². The third-order valence-corrected chi connectivity index (χ3v) is 2.64. The number of nitrogens with zero attached hydrogens (tertiary/aromatic N) is 2. The molecule has 0 aliphatic carbocycles. The second-order valence-electron chi connectivity index (χ2n) is 4.05. The second kappa shape index (κ2) is 6.29. The maximum Gasteiger partial charge on any atom is 0.203 e. The highest BCUT2D eigenvalue weighted by molar-refractivity contribution is 5.28. The van der Waals surface area contributed by atoms with E-state index in [0.29, 0.717) is 31.2 Å². The highest BCUT2D eigenvalue weighted by Gasteiger charge is 2.06. The van der Waals surface area contributed by atoms with Crippen molar-refractivity contribution in [3.05, 3.63) is 47.8 Å². The van der Waals surface area contributed by atoms with Crippen molar-refractivity contribution in [1.29, 1.82) is 0 Å². The van der Waals surface area contributed by atoms with E-state index >= 15 is 0 Å². The summed E-state index contributed by atoms with van der Waals surface area (Å²) in [5, 5.41) is 3.10. The number of benzene rings is 1. The van der Waals surface area contributed by atoms with Crippen LogP contribution in [-0.4, -0.2) is 29.8 Å². The topological polar surface area (TPSA) is 39.1 Å². The van der Waals surface area contributed by atoms with Crippen LogP contribution >= 0.6 is 0 Å².